The summed E-state index contributed by atoms with van der Waals surface area (Å²) < 4.78 is 45.3. The van der Waals surface area contributed by atoms with Crippen LogP contribution < -0.4 is 4.74 Å². The highest BCUT2D eigenvalue weighted by Gasteiger charge is 2.27. The SMILES string of the molecule is OCc1c(OCOCC(F)(F)F)ccc2ccccc12. The number of aliphatic hydroxyl groups is 1. The van der Waals surface area contributed by atoms with Crippen molar-refractivity contribution in [1.29, 1.82) is 0 Å². The van der Waals surface area contributed by atoms with Crippen LogP contribution in [0.2, 0.25) is 0 Å². The molecule has 2 aromatic rings. The molecule has 0 fully saturated rings. The van der Waals surface area contributed by atoms with Gasteiger partial charge in [-0.25, -0.2) is 0 Å². The molecule has 0 radical (unpaired) electrons. The molecule has 2 aromatic carbocycles. The van der Waals surface area contributed by atoms with Crippen LogP contribution in [0.25, 0.3) is 10.8 Å². The largest absolute Gasteiger partial charge is 0.467 e. The zero-order valence-corrected chi connectivity index (χ0v) is 10.5. The summed E-state index contributed by atoms with van der Waals surface area (Å²) in [6.45, 7) is -2.16. The molecule has 0 amide bonds. The highest BCUT2D eigenvalue weighted by molar-refractivity contribution is 5.87. The van der Waals surface area contributed by atoms with Crippen molar-refractivity contribution in [2.24, 2.45) is 0 Å². The van der Waals surface area contributed by atoms with Crippen LogP contribution in [0.3, 0.4) is 0 Å². The lowest BCUT2D eigenvalue weighted by Gasteiger charge is -2.13. The van der Waals surface area contributed by atoms with Gasteiger partial charge in [0.25, 0.3) is 0 Å². The molecule has 108 valence electrons. The van der Waals surface area contributed by atoms with Crippen LogP contribution in [-0.4, -0.2) is 24.7 Å². The van der Waals surface area contributed by atoms with Crippen LogP contribution in [0.4, 0.5) is 13.2 Å². The number of hydrogen-bond donors (Lipinski definition) is 1. The normalized spacial score (nSPS) is 11.8. The van der Waals surface area contributed by atoms with E-state index in [4.69, 9.17) is 4.74 Å². The minimum absolute atomic E-state index is 0.268. The Hall–Kier alpha value is -1.79. The van der Waals surface area contributed by atoms with Gasteiger partial charge in [-0.15, -0.1) is 0 Å². The van der Waals surface area contributed by atoms with Crippen molar-refractivity contribution >= 4 is 10.8 Å². The Bertz CT molecular complexity index is 581. The smallest absolute Gasteiger partial charge is 0.411 e. The number of aliphatic hydroxyl groups excluding tert-OH is 1. The van der Waals surface area contributed by atoms with Crippen LogP contribution in [0, 0.1) is 0 Å². The van der Waals surface area contributed by atoms with Gasteiger partial charge in [0.1, 0.15) is 12.4 Å². The third-order valence-corrected chi connectivity index (χ3v) is 2.72. The second-order valence-corrected chi connectivity index (χ2v) is 4.15. The van der Waals surface area contributed by atoms with E-state index in [1.54, 1.807) is 12.1 Å². The molecular formula is C14H13F3O3. The molecular weight excluding hydrogens is 273 g/mol. The molecule has 0 saturated heterocycles. The Morgan fingerprint density at radius 3 is 2.50 bits per heavy atom. The fourth-order valence-electron chi connectivity index (χ4n) is 1.88. The third-order valence-electron chi connectivity index (χ3n) is 2.72. The average molecular weight is 286 g/mol. The molecule has 6 heteroatoms. The van der Waals surface area contributed by atoms with E-state index >= 15 is 0 Å². The molecule has 2 rings (SSSR count). The molecule has 0 aromatic heterocycles. The molecule has 0 aliphatic heterocycles. The van der Waals surface area contributed by atoms with Crippen molar-refractivity contribution in [3.63, 3.8) is 0 Å². The molecule has 20 heavy (non-hydrogen) atoms. The van der Waals surface area contributed by atoms with Crippen LogP contribution in [0.1, 0.15) is 5.56 Å². The van der Waals surface area contributed by atoms with Crippen LogP contribution in [0.15, 0.2) is 36.4 Å². The highest BCUT2D eigenvalue weighted by Crippen LogP contribution is 2.28. The first-order chi connectivity index (χ1) is 9.51. The molecule has 0 unspecified atom stereocenters. The summed E-state index contributed by atoms with van der Waals surface area (Å²) >= 11 is 0. The zero-order valence-electron chi connectivity index (χ0n) is 10.5. The van der Waals surface area contributed by atoms with Gasteiger partial charge < -0.3 is 14.6 Å². The van der Waals surface area contributed by atoms with Crippen molar-refractivity contribution < 1.29 is 27.8 Å². The van der Waals surface area contributed by atoms with Gasteiger partial charge in [-0.1, -0.05) is 30.3 Å². The van der Waals surface area contributed by atoms with E-state index in [1.165, 1.54) is 0 Å². The topological polar surface area (TPSA) is 38.7 Å². The van der Waals surface area contributed by atoms with Crippen LogP contribution >= 0.6 is 0 Å². The Labute approximate surface area is 113 Å². The van der Waals surface area contributed by atoms with Crippen LogP contribution in [0.5, 0.6) is 5.75 Å². The van der Waals surface area contributed by atoms with Gasteiger partial charge in [0.05, 0.1) is 6.61 Å². The lowest BCUT2D eigenvalue weighted by molar-refractivity contribution is -0.186. The lowest BCUT2D eigenvalue weighted by atomic mass is 10.0. The van der Waals surface area contributed by atoms with Gasteiger partial charge in [-0.3, -0.25) is 0 Å². The maximum Gasteiger partial charge on any atom is 0.411 e. The minimum Gasteiger partial charge on any atom is -0.467 e. The van der Waals surface area contributed by atoms with E-state index in [1.807, 2.05) is 24.3 Å². The Balaban J connectivity index is 2.10. The molecule has 0 spiro atoms. The highest BCUT2D eigenvalue weighted by atomic mass is 19.4. The van der Waals surface area contributed by atoms with Gasteiger partial charge in [0, 0.05) is 5.56 Å². The first-order valence-electron chi connectivity index (χ1n) is 5.90. The van der Waals surface area contributed by atoms with Gasteiger partial charge in [0.2, 0.25) is 0 Å². The summed E-state index contributed by atoms with van der Waals surface area (Å²) in [5.41, 5.74) is 0.527. The number of halogens is 3. The first kappa shape index (κ1) is 14.6. The quantitative estimate of drug-likeness (QED) is 0.677. The maximum atomic E-state index is 11.9. The van der Waals surface area contributed by atoms with E-state index in [9.17, 15) is 18.3 Å². The lowest BCUT2D eigenvalue weighted by Crippen LogP contribution is -2.19. The Morgan fingerprint density at radius 1 is 1.05 bits per heavy atom. The van der Waals surface area contributed by atoms with Crippen molar-refractivity contribution in [2.45, 2.75) is 12.8 Å². The minimum atomic E-state index is -4.38. The molecule has 1 N–H and O–H groups in total. The van der Waals surface area contributed by atoms with E-state index in [0.29, 0.717) is 11.3 Å². The van der Waals surface area contributed by atoms with Crippen molar-refractivity contribution in [3.05, 3.63) is 42.0 Å². The van der Waals surface area contributed by atoms with Crippen molar-refractivity contribution in [1.82, 2.24) is 0 Å². The molecule has 0 atom stereocenters. The number of hydrogen-bond acceptors (Lipinski definition) is 3. The molecule has 0 bridgehead atoms. The van der Waals surface area contributed by atoms with E-state index in [0.717, 1.165) is 10.8 Å². The summed E-state index contributed by atoms with van der Waals surface area (Å²) in [7, 11) is 0. The van der Waals surface area contributed by atoms with Gasteiger partial charge in [-0.2, -0.15) is 13.2 Å². The van der Waals surface area contributed by atoms with Crippen LogP contribution in [-0.2, 0) is 11.3 Å². The second kappa shape index (κ2) is 6.11. The molecule has 0 aliphatic carbocycles. The van der Waals surface area contributed by atoms with E-state index in [-0.39, 0.29) is 6.61 Å². The molecule has 0 heterocycles. The summed E-state index contributed by atoms with van der Waals surface area (Å²) in [6, 6.07) is 10.7. The number of ether oxygens (including phenoxy) is 2. The van der Waals surface area contributed by atoms with Gasteiger partial charge in [0.15, 0.2) is 6.79 Å². The summed E-state index contributed by atoms with van der Waals surface area (Å²) in [6.07, 6.45) is -4.38. The van der Waals surface area contributed by atoms with Gasteiger partial charge in [-0.05, 0) is 16.8 Å². The standard InChI is InChI=1S/C14H13F3O3/c15-14(16,17)8-19-9-20-13-6-5-10-3-1-2-4-11(10)12(13)7-18/h1-6,18H,7-9H2. The van der Waals surface area contributed by atoms with E-state index in [2.05, 4.69) is 4.74 Å². The fraction of sp³-hybridized carbons (Fsp3) is 0.286. The van der Waals surface area contributed by atoms with Crippen molar-refractivity contribution in [3.8, 4) is 5.75 Å². The average Bonchev–Trinajstić information content (AvgIpc) is 2.42. The number of rotatable bonds is 5. The number of benzene rings is 2. The molecule has 3 nitrogen and oxygen atoms in total. The summed E-state index contributed by atoms with van der Waals surface area (Å²) in [4.78, 5) is 0. The monoisotopic (exact) mass is 286 g/mol. The summed E-state index contributed by atoms with van der Waals surface area (Å²) in [5.74, 6) is 0.313. The Kier molecular flexibility index (Phi) is 4.46. The fourth-order valence-corrected chi connectivity index (χ4v) is 1.88. The van der Waals surface area contributed by atoms with Gasteiger partial charge >= 0.3 is 6.18 Å². The second-order valence-electron chi connectivity index (χ2n) is 4.15. The van der Waals surface area contributed by atoms with E-state index < -0.39 is 19.6 Å². The summed E-state index contributed by atoms with van der Waals surface area (Å²) in [5, 5.41) is 11.1. The maximum absolute atomic E-state index is 11.9. The Morgan fingerprint density at radius 2 is 1.80 bits per heavy atom. The first-order valence-corrected chi connectivity index (χ1v) is 5.90. The molecule has 0 aliphatic rings. The number of alkyl halides is 3. The zero-order chi connectivity index (χ0) is 14.6. The third kappa shape index (κ3) is 3.61. The predicted octanol–water partition coefficient (Wildman–Crippen LogP) is 3.25. The van der Waals surface area contributed by atoms with Crippen molar-refractivity contribution in [2.75, 3.05) is 13.4 Å². The number of fused-ring (bicyclic) bond motifs is 1. The molecule has 0 saturated carbocycles. The predicted molar refractivity (Wildman–Crippen MR) is 67.4 cm³/mol.